The van der Waals surface area contributed by atoms with Gasteiger partial charge >= 0.3 is 0 Å². The molecule has 1 aromatic heterocycles. The molecule has 6 heteroatoms. The summed E-state index contributed by atoms with van der Waals surface area (Å²) in [6, 6.07) is 11.1. The molecule has 148 valence electrons. The molecule has 0 saturated carbocycles. The third-order valence-electron chi connectivity index (χ3n) is 5.41. The quantitative estimate of drug-likeness (QED) is 0.797. The van der Waals surface area contributed by atoms with Gasteiger partial charge in [-0.15, -0.1) is 0 Å². The molecule has 2 aromatic rings. The smallest absolute Gasteiger partial charge is 0.257 e. The maximum atomic E-state index is 13.2. The molecule has 4 rings (SSSR count). The lowest BCUT2D eigenvalue weighted by atomic mass is 9.96. The second-order valence-electron chi connectivity index (χ2n) is 7.46. The number of nitrogens with zero attached hydrogens (tertiary/aromatic N) is 3. The highest BCUT2D eigenvalue weighted by Gasteiger charge is 2.27. The Bertz CT molecular complexity index is 778. The highest BCUT2D eigenvalue weighted by atomic mass is 16.5. The van der Waals surface area contributed by atoms with Crippen molar-refractivity contribution in [3.05, 3.63) is 54.4 Å². The van der Waals surface area contributed by atoms with E-state index in [9.17, 15) is 4.79 Å². The van der Waals surface area contributed by atoms with E-state index >= 15 is 0 Å². The van der Waals surface area contributed by atoms with E-state index in [0.717, 1.165) is 52.4 Å². The molecule has 1 aromatic carbocycles. The molecule has 1 amide bonds. The molecule has 0 aliphatic carbocycles. The van der Waals surface area contributed by atoms with Gasteiger partial charge in [-0.25, -0.2) is 0 Å². The van der Waals surface area contributed by atoms with Gasteiger partial charge < -0.3 is 14.4 Å². The largest absolute Gasteiger partial charge is 0.455 e. The minimum atomic E-state index is 0.0474. The zero-order chi connectivity index (χ0) is 19.2. The third kappa shape index (κ3) is 4.69. The molecule has 6 nitrogen and oxygen atoms in total. The van der Waals surface area contributed by atoms with Gasteiger partial charge in [0.15, 0.2) is 0 Å². The Hall–Kier alpha value is -2.44. The van der Waals surface area contributed by atoms with E-state index in [1.54, 1.807) is 12.4 Å². The molecular weight excluding hydrogens is 354 g/mol. The van der Waals surface area contributed by atoms with Crippen molar-refractivity contribution in [2.75, 3.05) is 45.9 Å². The summed E-state index contributed by atoms with van der Waals surface area (Å²) < 4.78 is 11.4. The lowest BCUT2D eigenvalue weighted by Gasteiger charge is -2.37. The first kappa shape index (κ1) is 18.9. The van der Waals surface area contributed by atoms with Crippen LogP contribution in [0.2, 0.25) is 0 Å². The topological polar surface area (TPSA) is 54.9 Å². The molecule has 2 saturated heterocycles. The highest BCUT2D eigenvalue weighted by molar-refractivity contribution is 5.97. The van der Waals surface area contributed by atoms with E-state index in [4.69, 9.17) is 9.47 Å². The van der Waals surface area contributed by atoms with E-state index in [1.165, 1.54) is 6.42 Å². The average molecular weight is 381 g/mol. The van der Waals surface area contributed by atoms with Gasteiger partial charge in [0.25, 0.3) is 5.91 Å². The van der Waals surface area contributed by atoms with Crippen LogP contribution in [0.3, 0.4) is 0 Å². The number of morpholine rings is 1. The number of carbonyl (C=O) groups excluding carboxylic acids is 1. The van der Waals surface area contributed by atoms with Crippen LogP contribution in [0.25, 0.3) is 0 Å². The van der Waals surface area contributed by atoms with Gasteiger partial charge in [-0.05, 0) is 43.0 Å². The number of pyridine rings is 1. The van der Waals surface area contributed by atoms with Crippen LogP contribution in [0.1, 0.15) is 23.2 Å². The van der Waals surface area contributed by atoms with Crippen LogP contribution >= 0.6 is 0 Å². The summed E-state index contributed by atoms with van der Waals surface area (Å²) in [7, 11) is 0. The Morgan fingerprint density at radius 1 is 1.14 bits per heavy atom. The summed E-state index contributed by atoms with van der Waals surface area (Å²) in [4.78, 5) is 21.8. The molecule has 0 radical (unpaired) electrons. The summed E-state index contributed by atoms with van der Waals surface area (Å²) in [6.45, 7) is 6.26. The summed E-state index contributed by atoms with van der Waals surface area (Å²) >= 11 is 0. The maximum absolute atomic E-state index is 13.2. The number of benzene rings is 1. The normalized spacial score (nSPS) is 20.7. The summed E-state index contributed by atoms with van der Waals surface area (Å²) in [5.41, 5.74) is 0.610. The molecule has 0 bridgehead atoms. The average Bonchev–Trinajstić information content (AvgIpc) is 2.75. The Balaban J connectivity index is 1.43. The summed E-state index contributed by atoms with van der Waals surface area (Å²) in [6.07, 6.45) is 5.58. The molecule has 0 N–H and O–H groups in total. The zero-order valence-electron chi connectivity index (χ0n) is 16.1. The molecule has 3 heterocycles. The first-order valence-electron chi connectivity index (χ1n) is 10.1. The van der Waals surface area contributed by atoms with Gasteiger partial charge in [-0.3, -0.25) is 14.7 Å². The van der Waals surface area contributed by atoms with Crippen LogP contribution in [-0.2, 0) is 4.74 Å². The number of rotatable bonds is 5. The van der Waals surface area contributed by atoms with Crippen LogP contribution in [0.15, 0.2) is 48.8 Å². The molecule has 2 aliphatic heterocycles. The van der Waals surface area contributed by atoms with Crippen molar-refractivity contribution >= 4 is 5.91 Å². The number of hydrogen-bond acceptors (Lipinski definition) is 5. The molecule has 28 heavy (non-hydrogen) atoms. The highest BCUT2D eigenvalue weighted by Crippen LogP contribution is 2.27. The second kappa shape index (κ2) is 9.17. The standard InChI is InChI=1S/C22H27N3O3/c26-22(20-7-1-2-8-21(20)28-19-6-3-9-23-15-19)25-10-4-5-18(17-25)16-24-11-13-27-14-12-24/h1-3,6-9,15,18H,4-5,10-14,16-17H2. The minimum absolute atomic E-state index is 0.0474. The third-order valence-corrected chi connectivity index (χ3v) is 5.41. The van der Waals surface area contributed by atoms with Crippen molar-refractivity contribution in [2.24, 2.45) is 5.92 Å². The number of piperidine rings is 1. The van der Waals surface area contributed by atoms with Crippen molar-refractivity contribution in [1.82, 2.24) is 14.8 Å². The van der Waals surface area contributed by atoms with Gasteiger partial charge in [-0.2, -0.15) is 0 Å². The van der Waals surface area contributed by atoms with Gasteiger partial charge in [0.1, 0.15) is 11.5 Å². The molecule has 2 fully saturated rings. The van der Waals surface area contributed by atoms with Crippen molar-refractivity contribution < 1.29 is 14.3 Å². The molecule has 1 unspecified atom stereocenters. The van der Waals surface area contributed by atoms with Gasteiger partial charge in [0, 0.05) is 38.9 Å². The van der Waals surface area contributed by atoms with E-state index in [-0.39, 0.29) is 5.91 Å². The van der Waals surface area contributed by atoms with Gasteiger partial charge in [0.2, 0.25) is 0 Å². The van der Waals surface area contributed by atoms with Crippen molar-refractivity contribution in [3.63, 3.8) is 0 Å². The Morgan fingerprint density at radius 2 is 2.00 bits per heavy atom. The fourth-order valence-electron chi connectivity index (χ4n) is 3.98. The van der Waals surface area contributed by atoms with Crippen molar-refractivity contribution in [1.29, 1.82) is 0 Å². The van der Waals surface area contributed by atoms with E-state index in [1.807, 2.05) is 41.3 Å². The fourth-order valence-corrected chi connectivity index (χ4v) is 3.98. The van der Waals surface area contributed by atoms with Crippen LogP contribution in [0.4, 0.5) is 0 Å². The van der Waals surface area contributed by atoms with E-state index in [2.05, 4.69) is 9.88 Å². The van der Waals surface area contributed by atoms with Crippen molar-refractivity contribution in [2.45, 2.75) is 12.8 Å². The number of para-hydroxylation sites is 1. The van der Waals surface area contributed by atoms with Crippen LogP contribution in [0.5, 0.6) is 11.5 Å². The fraction of sp³-hybridized carbons (Fsp3) is 0.455. The zero-order valence-corrected chi connectivity index (χ0v) is 16.1. The molecular formula is C22H27N3O3. The Morgan fingerprint density at radius 3 is 2.82 bits per heavy atom. The minimum Gasteiger partial charge on any atom is -0.455 e. The number of likely N-dealkylation sites (tertiary alicyclic amines) is 1. The van der Waals surface area contributed by atoms with Crippen LogP contribution < -0.4 is 4.74 Å². The van der Waals surface area contributed by atoms with Gasteiger partial charge in [0.05, 0.1) is 25.0 Å². The lowest BCUT2D eigenvalue weighted by molar-refractivity contribution is 0.0223. The number of aromatic nitrogens is 1. The predicted molar refractivity (Wildman–Crippen MR) is 107 cm³/mol. The maximum Gasteiger partial charge on any atom is 0.257 e. The monoisotopic (exact) mass is 381 g/mol. The number of amides is 1. The van der Waals surface area contributed by atoms with E-state index < -0.39 is 0 Å². The Labute approximate surface area is 166 Å². The summed E-state index contributed by atoms with van der Waals surface area (Å²) in [5.74, 6) is 1.77. The van der Waals surface area contributed by atoms with Crippen LogP contribution in [0, 0.1) is 5.92 Å². The van der Waals surface area contributed by atoms with Crippen molar-refractivity contribution in [3.8, 4) is 11.5 Å². The van der Waals surface area contributed by atoms with E-state index in [0.29, 0.717) is 23.0 Å². The molecule has 0 spiro atoms. The Kier molecular flexibility index (Phi) is 6.19. The predicted octanol–water partition coefficient (Wildman–Crippen LogP) is 3.06. The number of carbonyl (C=O) groups is 1. The first-order valence-corrected chi connectivity index (χ1v) is 10.1. The van der Waals surface area contributed by atoms with Crippen LogP contribution in [-0.4, -0.2) is 66.6 Å². The number of ether oxygens (including phenoxy) is 2. The first-order chi connectivity index (χ1) is 13.8. The SMILES string of the molecule is O=C(c1ccccc1Oc1cccnc1)N1CCCC(CN2CCOCC2)C1. The lowest BCUT2D eigenvalue weighted by Crippen LogP contribution is -2.46. The number of hydrogen-bond donors (Lipinski definition) is 0. The van der Waals surface area contributed by atoms with Gasteiger partial charge in [-0.1, -0.05) is 12.1 Å². The molecule has 1 atom stereocenters. The molecule has 2 aliphatic rings. The second-order valence-corrected chi connectivity index (χ2v) is 7.46. The summed E-state index contributed by atoms with van der Waals surface area (Å²) in [5, 5.41) is 0.